The summed E-state index contributed by atoms with van der Waals surface area (Å²) in [5, 5.41) is 3.19. The van der Waals surface area contributed by atoms with Gasteiger partial charge in [-0.25, -0.2) is 12.1 Å². The van der Waals surface area contributed by atoms with Crippen LogP contribution in [-0.4, -0.2) is 8.07 Å². The predicted octanol–water partition coefficient (Wildman–Crippen LogP) is -5.19. The van der Waals surface area contributed by atoms with Crippen molar-refractivity contribution >= 4 is 18.4 Å². The van der Waals surface area contributed by atoms with E-state index in [9.17, 15) is 0 Å². The van der Waals surface area contributed by atoms with E-state index in [0.717, 1.165) is 0 Å². The average molecular weight is 424 g/mol. The van der Waals surface area contributed by atoms with Crippen molar-refractivity contribution in [1.82, 2.24) is 0 Å². The van der Waals surface area contributed by atoms with E-state index in [1.807, 2.05) is 0 Å². The Morgan fingerprint density at radius 3 is 1.96 bits per heavy atom. The third-order valence-electron chi connectivity index (χ3n) is 4.04. The Hall–Kier alpha value is 0.371. The van der Waals surface area contributed by atoms with Crippen LogP contribution >= 0.6 is 0 Å². The first kappa shape index (κ1) is 28.2. The minimum Gasteiger partial charge on any atom is -1.00 e. The second kappa shape index (κ2) is 11.8. The van der Waals surface area contributed by atoms with E-state index < -0.39 is 8.07 Å². The van der Waals surface area contributed by atoms with Crippen LogP contribution in [0.3, 0.4) is 0 Å². The van der Waals surface area contributed by atoms with E-state index in [1.54, 1.807) is 15.9 Å². The molecule has 2 rings (SSSR count). The molecule has 126 valence electrons. The van der Waals surface area contributed by atoms with Crippen LogP contribution in [0.25, 0.3) is 0 Å². The fourth-order valence-corrected chi connectivity index (χ4v) is 6.06. The Morgan fingerprint density at radius 2 is 1.48 bits per heavy atom. The first-order chi connectivity index (χ1) is 8.95. The van der Waals surface area contributed by atoms with Gasteiger partial charge in [0.2, 0.25) is 0 Å². The van der Waals surface area contributed by atoms with Crippen molar-refractivity contribution in [2.75, 3.05) is 0 Å². The molecular formula is C18H25Cl3SiTi. The second-order valence-electron chi connectivity index (χ2n) is 6.22. The van der Waals surface area contributed by atoms with Gasteiger partial charge in [-0.15, -0.1) is 0 Å². The maximum atomic E-state index is 2.48. The van der Waals surface area contributed by atoms with Gasteiger partial charge >= 0.3 is 21.7 Å². The van der Waals surface area contributed by atoms with Crippen LogP contribution < -0.4 is 47.6 Å². The van der Waals surface area contributed by atoms with Gasteiger partial charge < -0.3 is 37.2 Å². The van der Waals surface area contributed by atoms with Gasteiger partial charge in [-0.2, -0.15) is 16.8 Å². The molecule has 0 saturated carbocycles. The van der Waals surface area contributed by atoms with Gasteiger partial charge in [0.1, 0.15) is 0 Å². The van der Waals surface area contributed by atoms with Crippen LogP contribution in [-0.2, 0) is 28.1 Å². The smallest absolute Gasteiger partial charge is 1.00 e. The quantitative estimate of drug-likeness (QED) is 0.341. The number of aryl methyl sites for hydroxylation is 3. The molecule has 2 aromatic rings. The van der Waals surface area contributed by atoms with Crippen LogP contribution in [0.4, 0.5) is 0 Å². The topological polar surface area (TPSA) is 0 Å². The number of halogens is 3. The van der Waals surface area contributed by atoms with E-state index in [2.05, 4.69) is 70.3 Å². The summed E-state index contributed by atoms with van der Waals surface area (Å²) in [6.45, 7) is 11.6. The van der Waals surface area contributed by atoms with E-state index in [0.29, 0.717) is 0 Å². The molecule has 0 aliphatic carbocycles. The van der Waals surface area contributed by atoms with E-state index in [1.165, 1.54) is 24.0 Å². The van der Waals surface area contributed by atoms with Crippen LogP contribution in [0.15, 0.2) is 36.4 Å². The zero-order valence-electron chi connectivity index (χ0n) is 14.5. The maximum Gasteiger partial charge on any atom is 4.00 e. The molecule has 0 bridgehead atoms. The van der Waals surface area contributed by atoms with Crippen molar-refractivity contribution in [3.8, 4) is 0 Å². The van der Waals surface area contributed by atoms with Crippen molar-refractivity contribution in [3.63, 3.8) is 0 Å². The van der Waals surface area contributed by atoms with Gasteiger partial charge in [-0.1, -0.05) is 67.4 Å². The van der Waals surface area contributed by atoms with Crippen molar-refractivity contribution in [1.29, 1.82) is 0 Å². The minimum absolute atomic E-state index is 0. The molecule has 0 radical (unpaired) electrons. The van der Waals surface area contributed by atoms with Gasteiger partial charge in [-0.05, 0) is 13.8 Å². The summed E-state index contributed by atoms with van der Waals surface area (Å²) in [5.74, 6) is 0. The Kier molecular flexibility index (Phi) is 14.5. The SMILES string of the molecule is CCCc1ccc[c-]1[Si](C)(C)c1cc(C)cc(C)c1.[Cl-].[Cl-].[Cl-].[Ti+4]. The Morgan fingerprint density at radius 1 is 0.957 bits per heavy atom. The molecule has 0 saturated heterocycles. The number of benzene rings is 1. The van der Waals surface area contributed by atoms with Gasteiger partial charge in [0.25, 0.3) is 0 Å². The number of rotatable bonds is 4. The van der Waals surface area contributed by atoms with Crippen molar-refractivity contribution < 1.29 is 58.9 Å². The van der Waals surface area contributed by atoms with Gasteiger partial charge in [0, 0.05) is 0 Å². The Labute approximate surface area is 176 Å². The molecule has 0 spiro atoms. The first-order valence-corrected chi connectivity index (χ1v) is 10.3. The monoisotopic (exact) mass is 422 g/mol. The van der Waals surface area contributed by atoms with Gasteiger partial charge in [0.05, 0.1) is 8.07 Å². The fourth-order valence-electron chi connectivity index (χ4n) is 3.05. The molecule has 0 aliphatic rings. The molecular weight excluding hydrogens is 399 g/mol. The molecule has 0 unspecified atom stereocenters. The van der Waals surface area contributed by atoms with Crippen LogP contribution in [0.5, 0.6) is 0 Å². The molecule has 0 aromatic heterocycles. The molecule has 0 N–H and O–H groups in total. The third kappa shape index (κ3) is 6.65. The summed E-state index contributed by atoms with van der Waals surface area (Å²) in [5.41, 5.74) is 4.34. The van der Waals surface area contributed by atoms with Crippen molar-refractivity contribution in [2.45, 2.75) is 46.7 Å². The molecule has 0 amide bonds. The first-order valence-electron chi connectivity index (χ1n) is 7.29. The molecule has 0 aliphatic heterocycles. The van der Waals surface area contributed by atoms with E-state index in [4.69, 9.17) is 0 Å². The number of hydrogen-bond acceptors (Lipinski definition) is 0. The summed E-state index contributed by atoms with van der Waals surface area (Å²) in [6.07, 6.45) is 2.44. The van der Waals surface area contributed by atoms with Crippen molar-refractivity contribution in [3.05, 3.63) is 53.1 Å². The molecule has 0 heterocycles. The molecule has 0 fully saturated rings. The molecule has 2 aromatic carbocycles. The van der Waals surface area contributed by atoms with Gasteiger partial charge in [-0.3, -0.25) is 0 Å². The predicted molar refractivity (Wildman–Crippen MR) is 88.7 cm³/mol. The summed E-state index contributed by atoms with van der Waals surface area (Å²) >= 11 is 0. The molecule has 0 atom stereocenters. The molecule has 0 nitrogen and oxygen atoms in total. The van der Waals surface area contributed by atoms with E-state index in [-0.39, 0.29) is 58.9 Å². The number of hydrogen-bond donors (Lipinski definition) is 0. The second-order valence-corrected chi connectivity index (χ2v) is 10.6. The van der Waals surface area contributed by atoms with Crippen molar-refractivity contribution in [2.24, 2.45) is 0 Å². The Balaban J connectivity index is -0.000001000. The van der Waals surface area contributed by atoms with Crippen LogP contribution in [0, 0.1) is 13.8 Å². The maximum absolute atomic E-state index is 2.48. The molecule has 23 heavy (non-hydrogen) atoms. The van der Waals surface area contributed by atoms with E-state index >= 15 is 0 Å². The average Bonchev–Trinajstić information content (AvgIpc) is 2.77. The normalized spacial score (nSPS) is 9.78. The zero-order chi connectivity index (χ0) is 14.0. The summed E-state index contributed by atoms with van der Waals surface area (Å²) in [6, 6.07) is 14.0. The summed E-state index contributed by atoms with van der Waals surface area (Å²) in [7, 11) is -1.55. The standard InChI is InChI=1S/C18H25Si.3ClH.Ti/c1-6-8-16-9-7-10-18(16)19(4,5)17-12-14(2)11-15(3)13-17;;;;/h7,9-13H,6,8H2,1-5H3;3*1H;/q-1;;;;+4/p-3. The largest absolute Gasteiger partial charge is 4.00 e. The Bertz CT molecular complexity index is 559. The summed E-state index contributed by atoms with van der Waals surface area (Å²) in [4.78, 5) is 0. The molecule has 5 heteroatoms. The third-order valence-corrected chi connectivity index (χ3v) is 7.61. The zero-order valence-corrected chi connectivity index (χ0v) is 19.3. The minimum atomic E-state index is -1.55. The van der Waals surface area contributed by atoms with Crippen LogP contribution in [0.1, 0.15) is 30.0 Å². The van der Waals surface area contributed by atoms with Crippen LogP contribution in [0.2, 0.25) is 13.1 Å². The van der Waals surface area contributed by atoms with Gasteiger partial charge in [0.15, 0.2) is 0 Å². The summed E-state index contributed by atoms with van der Waals surface area (Å²) < 4.78 is 0. The fraction of sp³-hybridized carbons (Fsp3) is 0.389.